The summed E-state index contributed by atoms with van der Waals surface area (Å²) in [4.78, 5) is 29.8. The third kappa shape index (κ3) is 5.72. The van der Waals surface area contributed by atoms with Gasteiger partial charge in [-0.2, -0.15) is 0 Å². The second kappa shape index (κ2) is 9.41. The molecule has 2 N–H and O–H groups in total. The smallest absolute Gasteiger partial charge is 0.342 e. The summed E-state index contributed by atoms with van der Waals surface area (Å²) in [6, 6.07) is 2.56. The van der Waals surface area contributed by atoms with E-state index < -0.39 is 5.97 Å². The average Bonchev–Trinajstić information content (AvgIpc) is 2.58. The molecule has 0 fully saturated rings. The lowest BCUT2D eigenvalue weighted by Gasteiger charge is -2.22. The number of phenols is 2. The molecule has 0 radical (unpaired) electrons. The summed E-state index contributed by atoms with van der Waals surface area (Å²) in [5, 5.41) is 21.3. The van der Waals surface area contributed by atoms with Gasteiger partial charge in [-0.3, -0.25) is 9.63 Å². The number of nitrogens with zero attached hydrogens (tertiary/aromatic N) is 1. The number of hydrogen-bond acceptors (Lipinski definition) is 6. The molecule has 2 atom stereocenters. The highest BCUT2D eigenvalue weighted by Gasteiger charge is 2.25. The lowest BCUT2D eigenvalue weighted by atomic mass is 9.88. The van der Waals surface area contributed by atoms with Crippen molar-refractivity contribution in [1.82, 2.24) is 5.06 Å². The van der Waals surface area contributed by atoms with E-state index in [9.17, 15) is 19.8 Å². The standard InChI is InChI=1S/C20H27NO6/c1-13-7-5-4-6-8-14(10-18(24)21(2)26-3)9-15-11-16(22)12-17(23)19(15)20(25)27-13/h4-5,11-14,22-23H,6-10H2,1-3H3/b5-4+/t13-,14?/m0/s1. The van der Waals surface area contributed by atoms with E-state index in [-0.39, 0.29) is 41.4 Å². The zero-order valence-corrected chi connectivity index (χ0v) is 16.0. The van der Waals surface area contributed by atoms with Crippen molar-refractivity contribution in [2.75, 3.05) is 14.2 Å². The van der Waals surface area contributed by atoms with Crippen molar-refractivity contribution in [3.63, 3.8) is 0 Å². The minimum atomic E-state index is -0.636. The molecular formula is C20H27NO6. The summed E-state index contributed by atoms with van der Waals surface area (Å²) >= 11 is 0. The zero-order valence-electron chi connectivity index (χ0n) is 16.0. The lowest BCUT2D eigenvalue weighted by molar-refractivity contribution is -0.169. The number of amides is 1. The molecule has 1 aromatic carbocycles. The van der Waals surface area contributed by atoms with Gasteiger partial charge >= 0.3 is 5.97 Å². The number of allylic oxidation sites excluding steroid dienone is 1. The number of carbonyl (C=O) groups is 2. The van der Waals surface area contributed by atoms with Crippen LogP contribution in [-0.4, -0.2) is 47.4 Å². The van der Waals surface area contributed by atoms with Gasteiger partial charge in [0.2, 0.25) is 5.91 Å². The Kier molecular flexibility index (Phi) is 7.24. The van der Waals surface area contributed by atoms with E-state index in [4.69, 9.17) is 9.57 Å². The van der Waals surface area contributed by atoms with Crippen LogP contribution >= 0.6 is 0 Å². The summed E-state index contributed by atoms with van der Waals surface area (Å²) < 4.78 is 5.42. The fourth-order valence-corrected chi connectivity index (χ4v) is 3.16. The largest absolute Gasteiger partial charge is 0.508 e. The molecule has 0 aromatic heterocycles. The van der Waals surface area contributed by atoms with Crippen molar-refractivity contribution >= 4 is 11.9 Å². The molecule has 7 nitrogen and oxygen atoms in total. The van der Waals surface area contributed by atoms with E-state index in [1.165, 1.54) is 18.2 Å². The lowest BCUT2D eigenvalue weighted by Crippen LogP contribution is -2.28. The number of hydrogen-bond donors (Lipinski definition) is 2. The van der Waals surface area contributed by atoms with Crippen LogP contribution in [0.15, 0.2) is 24.3 Å². The Morgan fingerprint density at radius 3 is 2.78 bits per heavy atom. The van der Waals surface area contributed by atoms with Gasteiger partial charge in [-0.05, 0) is 43.7 Å². The predicted molar refractivity (Wildman–Crippen MR) is 99.2 cm³/mol. The van der Waals surface area contributed by atoms with Crippen molar-refractivity contribution in [2.24, 2.45) is 5.92 Å². The number of benzene rings is 1. The van der Waals surface area contributed by atoms with E-state index >= 15 is 0 Å². The Labute approximate surface area is 159 Å². The number of esters is 1. The average molecular weight is 377 g/mol. The van der Waals surface area contributed by atoms with Gasteiger partial charge < -0.3 is 14.9 Å². The number of hydroxylamine groups is 2. The number of phenolic OH excluding ortho intramolecular Hbond substituents is 2. The predicted octanol–water partition coefficient (Wildman–Crippen LogP) is 2.95. The number of carbonyl (C=O) groups excluding carboxylic acids is 2. The molecule has 1 amide bonds. The number of rotatable bonds is 3. The van der Waals surface area contributed by atoms with E-state index in [0.717, 1.165) is 18.9 Å². The first-order valence-corrected chi connectivity index (χ1v) is 9.03. The fraction of sp³-hybridized carbons (Fsp3) is 0.500. The first-order valence-electron chi connectivity index (χ1n) is 9.03. The summed E-state index contributed by atoms with van der Waals surface area (Å²) in [5.41, 5.74) is 0.508. The van der Waals surface area contributed by atoms with E-state index in [1.807, 2.05) is 12.2 Å². The van der Waals surface area contributed by atoms with Crippen LogP contribution < -0.4 is 0 Å². The first kappa shape index (κ1) is 20.8. The topological polar surface area (TPSA) is 96.3 Å². The molecule has 27 heavy (non-hydrogen) atoms. The summed E-state index contributed by atoms with van der Waals surface area (Å²) in [5.74, 6) is -1.37. The molecule has 1 aliphatic rings. The van der Waals surface area contributed by atoms with Crippen LogP contribution in [0.3, 0.4) is 0 Å². The van der Waals surface area contributed by atoms with Crippen molar-refractivity contribution < 1.29 is 29.4 Å². The molecule has 148 valence electrons. The molecule has 7 heteroatoms. The van der Waals surface area contributed by atoms with Crippen LogP contribution in [0.25, 0.3) is 0 Å². The van der Waals surface area contributed by atoms with Crippen LogP contribution in [0.4, 0.5) is 0 Å². The molecule has 1 unspecified atom stereocenters. The Bertz CT molecular complexity index is 715. The third-order valence-corrected chi connectivity index (χ3v) is 4.67. The highest BCUT2D eigenvalue weighted by molar-refractivity contribution is 5.94. The monoisotopic (exact) mass is 377 g/mol. The fourth-order valence-electron chi connectivity index (χ4n) is 3.16. The van der Waals surface area contributed by atoms with Crippen LogP contribution in [0, 0.1) is 5.92 Å². The molecule has 1 heterocycles. The minimum absolute atomic E-state index is 0.0433. The van der Waals surface area contributed by atoms with E-state index in [1.54, 1.807) is 14.0 Å². The molecular weight excluding hydrogens is 350 g/mol. The number of cyclic esters (lactones) is 1. The van der Waals surface area contributed by atoms with Crippen LogP contribution in [-0.2, 0) is 20.8 Å². The maximum atomic E-state index is 12.6. The van der Waals surface area contributed by atoms with E-state index in [2.05, 4.69) is 0 Å². The Hall–Kier alpha value is -2.54. The van der Waals surface area contributed by atoms with Gasteiger partial charge in [0.15, 0.2) is 0 Å². The van der Waals surface area contributed by atoms with Gasteiger partial charge in [0.05, 0.1) is 7.11 Å². The maximum absolute atomic E-state index is 12.6. The Balaban J connectivity index is 2.37. The molecule has 0 saturated heterocycles. The first-order chi connectivity index (χ1) is 12.8. The van der Waals surface area contributed by atoms with E-state index in [0.29, 0.717) is 18.4 Å². The van der Waals surface area contributed by atoms with Crippen molar-refractivity contribution in [3.8, 4) is 11.5 Å². The third-order valence-electron chi connectivity index (χ3n) is 4.67. The van der Waals surface area contributed by atoms with Gasteiger partial charge in [-0.15, -0.1) is 0 Å². The summed E-state index contributed by atoms with van der Waals surface area (Å²) in [7, 11) is 2.96. The van der Waals surface area contributed by atoms with Gasteiger partial charge in [0.25, 0.3) is 0 Å². The van der Waals surface area contributed by atoms with Crippen molar-refractivity contribution in [2.45, 2.75) is 45.1 Å². The number of aromatic hydroxyl groups is 2. The molecule has 0 spiro atoms. The maximum Gasteiger partial charge on any atom is 0.342 e. The highest BCUT2D eigenvalue weighted by Crippen LogP contribution is 2.32. The Morgan fingerprint density at radius 2 is 2.07 bits per heavy atom. The normalized spacial score (nSPS) is 22.0. The van der Waals surface area contributed by atoms with Crippen molar-refractivity contribution in [1.29, 1.82) is 0 Å². The quantitative estimate of drug-likeness (QED) is 0.478. The summed E-state index contributed by atoms with van der Waals surface area (Å²) in [6.07, 6.45) is 6.27. The molecule has 1 aromatic rings. The van der Waals surface area contributed by atoms with Gasteiger partial charge in [-0.1, -0.05) is 12.2 Å². The van der Waals surface area contributed by atoms with Crippen LogP contribution in [0.2, 0.25) is 0 Å². The molecule has 2 rings (SSSR count). The second-order valence-corrected chi connectivity index (χ2v) is 6.85. The Morgan fingerprint density at radius 1 is 1.33 bits per heavy atom. The SMILES string of the molecule is CON(C)C(=O)CC1CC/C=C/C[C@H](C)OC(=O)c2c(O)cc(O)cc2C1. The van der Waals surface area contributed by atoms with Crippen molar-refractivity contribution in [3.05, 3.63) is 35.4 Å². The molecule has 0 bridgehead atoms. The molecule has 0 aliphatic carbocycles. The zero-order chi connectivity index (χ0) is 20.0. The van der Waals surface area contributed by atoms with Gasteiger partial charge in [0.1, 0.15) is 23.2 Å². The van der Waals surface area contributed by atoms with Crippen LogP contribution in [0.5, 0.6) is 11.5 Å². The van der Waals surface area contributed by atoms with Gasteiger partial charge in [-0.25, -0.2) is 9.86 Å². The highest BCUT2D eigenvalue weighted by atomic mass is 16.7. The molecule has 1 aliphatic heterocycles. The minimum Gasteiger partial charge on any atom is -0.508 e. The number of fused-ring (bicyclic) bond motifs is 1. The number of ether oxygens (including phenoxy) is 1. The summed E-state index contributed by atoms with van der Waals surface area (Å²) in [6.45, 7) is 1.78. The second-order valence-electron chi connectivity index (χ2n) is 6.85. The molecule has 0 saturated carbocycles. The van der Waals surface area contributed by atoms with Gasteiger partial charge in [0, 0.05) is 26.0 Å². The van der Waals surface area contributed by atoms with Crippen LogP contribution in [0.1, 0.15) is 48.5 Å².